The topological polar surface area (TPSA) is 76.9 Å². The number of ether oxygens (including phenoxy) is 2. The van der Waals surface area contributed by atoms with Gasteiger partial charge < -0.3 is 14.4 Å². The van der Waals surface area contributed by atoms with Gasteiger partial charge in [0.2, 0.25) is 0 Å². The van der Waals surface area contributed by atoms with Crippen molar-refractivity contribution < 1.29 is 14.3 Å². The van der Waals surface area contributed by atoms with Crippen LogP contribution < -0.4 is 10.3 Å². The zero-order valence-electron chi connectivity index (χ0n) is 20.9. The van der Waals surface area contributed by atoms with Gasteiger partial charge in [0.15, 0.2) is 0 Å². The first-order valence-electron chi connectivity index (χ1n) is 12.2. The molecule has 1 amide bonds. The van der Waals surface area contributed by atoms with Gasteiger partial charge in [-0.2, -0.15) is 0 Å². The average molecular weight is 479 g/mol. The summed E-state index contributed by atoms with van der Waals surface area (Å²) in [4.78, 5) is 35.8. The number of piperazine rings is 1. The smallest absolute Gasteiger partial charge is 0.261 e. The van der Waals surface area contributed by atoms with E-state index < -0.39 is 0 Å². The second kappa shape index (κ2) is 11.0. The van der Waals surface area contributed by atoms with Crippen molar-refractivity contribution in [2.24, 2.45) is 0 Å². The monoisotopic (exact) mass is 478 g/mol. The molecule has 0 spiro atoms. The third kappa shape index (κ3) is 5.09. The highest BCUT2D eigenvalue weighted by Gasteiger charge is 2.33. The minimum absolute atomic E-state index is 0.0204. The summed E-state index contributed by atoms with van der Waals surface area (Å²) in [5.41, 5.74) is 1.33. The van der Waals surface area contributed by atoms with E-state index in [9.17, 15) is 9.59 Å². The van der Waals surface area contributed by atoms with Crippen LogP contribution in [0.3, 0.4) is 0 Å². The van der Waals surface area contributed by atoms with E-state index in [4.69, 9.17) is 14.5 Å². The van der Waals surface area contributed by atoms with Crippen LogP contribution in [-0.2, 0) is 11.3 Å². The van der Waals surface area contributed by atoms with Crippen LogP contribution in [0.1, 0.15) is 42.5 Å². The highest BCUT2D eigenvalue weighted by molar-refractivity contribution is 5.94. The van der Waals surface area contributed by atoms with Gasteiger partial charge in [0.1, 0.15) is 11.6 Å². The summed E-state index contributed by atoms with van der Waals surface area (Å²) in [7, 11) is 3.25. The number of hydrogen-bond acceptors (Lipinski definition) is 6. The zero-order chi connectivity index (χ0) is 24.9. The van der Waals surface area contributed by atoms with E-state index in [2.05, 4.69) is 18.7 Å². The SMILES string of the molecule is CCC(c1nc2ccccc2c(=O)n1CCOC)N1CCN(C(=O)c2ccc(OC)cc2)C(C)C1. The third-order valence-corrected chi connectivity index (χ3v) is 6.79. The number of amides is 1. The van der Waals surface area contributed by atoms with Crippen molar-refractivity contribution in [2.45, 2.75) is 38.9 Å². The molecular formula is C27H34N4O4. The molecule has 4 rings (SSSR count). The predicted molar refractivity (Wildman–Crippen MR) is 136 cm³/mol. The lowest BCUT2D eigenvalue weighted by atomic mass is 10.1. The molecule has 3 aromatic rings. The molecule has 1 fully saturated rings. The molecule has 0 radical (unpaired) electrons. The maximum absolute atomic E-state index is 13.4. The number of methoxy groups -OCH3 is 2. The summed E-state index contributed by atoms with van der Waals surface area (Å²) in [6, 6.07) is 14.7. The number of para-hydroxylation sites is 1. The number of fused-ring (bicyclic) bond motifs is 1. The van der Waals surface area contributed by atoms with Crippen LogP contribution >= 0.6 is 0 Å². The Morgan fingerprint density at radius 2 is 1.86 bits per heavy atom. The molecule has 0 aliphatic carbocycles. The van der Waals surface area contributed by atoms with Crippen molar-refractivity contribution >= 4 is 16.8 Å². The lowest BCUT2D eigenvalue weighted by Gasteiger charge is -2.43. The van der Waals surface area contributed by atoms with Gasteiger partial charge in [0, 0.05) is 38.3 Å². The maximum Gasteiger partial charge on any atom is 0.261 e. The Morgan fingerprint density at radius 3 is 2.51 bits per heavy atom. The molecule has 35 heavy (non-hydrogen) atoms. The molecule has 8 nitrogen and oxygen atoms in total. The van der Waals surface area contributed by atoms with Gasteiger partial charge in [-0.05, 0) is 49.7 Å². The highest BCUT2D eigenvalue weighted by Crippen LogP contribution is 2.27. The van der Waals surface area contributed by atoms with Crippen LogP contribution in [0.4, 0.5) is 0 Å². The van der Waals surface area contributed by atoms with Crippen molar-refractivity contribution in [2.75, 3.05) is 40.5 Å². The van der Waals surface area contributed by atoms with Crippen LogP contribution in [0, 0.1) is 0 Å². The molecule has 1 saturated heterocycles. The fourth-order valence-electron chi connectivity index (χ4n) is 4.91. The Kier molecular flexibility index (Phi) is 7.83. The van der Waals surface area contributed by atoms with Crippen LogP contribution in [-0.4, -0.2) is 71.8 Å². The van der Waals surface area contributed by atoms with Crippen LogP contribution in [0.2, 0.25) is 0 Å². The number of rotatable bonds is 8. The largest absolute Gasteiger partial charge is 0.497 e. The third-order valence-electron chi connectivity index (χ3n) is 6.79. The fourth-order valence-corrected chi connectivity index (χ4v) is 4.91. The highest BCUT2D eigenvalue weighted by atomic mass is 16.5. The second-order valence-corrected chi connectivity index (χ2v) is 8.93. The first-order chi connectivity index (χ1) is 17.0. The van der Waals surface area contributed by atoms with E-state index in [-0.39, 0.29) is 23.6 Å². The van der Waals surface area contributed by atoms with E-state index in [1.165, 1.54) is 0 Å². The Balaban J connectivity index is 1.59. The van der Waals surface area contributed by atoms with Gasteiger partial charge in [-0.1, -0.05) is 19.1 Å². The average Bonchev–Trinajstić information content (AvgIpc) is 2.89. The number of nitrogens with zero attached hydrogens (tertiary/aromatic N) is 4. The van der Waals surface area contributed by atoms with Gasteiger partial charge in [-0.25, -0.2) is 4.98 Å². The first-order valence-corrected chi connectivity index (χ1v) is 12.2. The van der Waals surface area contributed by atoms with Gasteiger partial charge in [-0.15, -0.1) is 0 Å². The van der Waals surface area contributed by atoms with E-state index in [1.54, 1.807) is 18.8 Å². The lowest BCUT2D eigenvalue weighted by Crippen LogP contribution is -2.55. The Morgan fingerprint density at radius 1 is 1.11 bits per heavy atom. The van der Waals surface area contributed by atoms with Crippen molar-refractivity contribution in [3.8, 4) is 5.75 Å². The van der Waals surface area contributed by atoms with Gasteiger partial charge in [-0.3, -0.25) is 19.1 Å². The number of aromatic nitrogens is 2. The summed E-state index contributed by atoms with van der Waals surface area (Å²) >= 11 is 0. The Labute approximate surface area is 206 Å². The Hall–Kier alpha value is -3.23. The first kappa shape index (κ1) is 24.9. The molecule has 2 unspecified atom stereocenters. The summed E-state index contributed by atoms with van der Waals surface area (Å²) < 4.78 is 12.3. The minimum Gasteiger partial charge on any atom is -0.497 e. The molecule has 1 aromatic heterocycles. The zero-order valence-corrected chi connectivity index (χ0v) is 20.9. The fraction of sp³-hybridized carbons (Fsp3) is 0.444. The molecule has 186 valence electrons. The predicted octanol–water partition coefficient (Wildman–Crippen LogP) is 3.35. The van der Waals surface area contributed by atoms with Crippen molar-refractivity contribution in [1.82, 2.24) is 19.4 Å². The molecule has 2 aromatic carbocycles. The van der Waals surface area contributed by atoms with Gasteiger partial charge >= 0.3 is 0 Å². The van der Waals surface area contributed by atoms with Crippen molar-refractivity contribution in [3.05, 3.63) is 70.3 Å². The molecule has 2 atom stereocenters. The number of carbonyl (C=O) groups excluding carboxylic acids is 1. The minimum atomic E-state index is -0.0394. The van der Waals surface area contributed by atoms with Crippen LogP contribution in [0.15, 0.2) is 53.3 Å². The second-order valence-electron chi connectivity index (χ2n) is 8.93. The molecule has 2 heterocycles. The molecule has 0 bridgehead atoms. The quantitative estimate of drug-likeness (QED) is 0.494. The molecule has 0 N–H and O–H groups in total. The Bertz CT molecular complexity index is 1220. The van der Waals surface area contributed by atoms with Crippen molar-refractivity contribution in [1.29, 1.82) is 0 Å². The number of carbonyl (C=O) groups is 1. The van der Waals surface area contributed by atoms with E-state index in [1.807, 2.05) is 53.4 Å². The normalized spacial score (nSPS) is 17.5. The van der Waals surface area contributed by atoms with Crippen LogP contribution in [0.25, 0.3) is 10.9 Å². The standard InChI is InChI=1S/C27H34N4O4/c1-5-24(25-28-23-9-7-6-8-22(23)27(33)31(25)16-17-34-3)29-14-15-30(19(2)18-29)26(32)20-10-12-21(35-4)13-11-20/h6-13,19,24H,5,14-18H2,1-4H3. The van der Waals surface area contributed by atoms with E-state index >= 15 is 0 Å². The number of hydrogen-bond donors (Lipinski definition) is 0. The maximum atomic E-state index is 13.4. The van der Waals surface area contributed by atoms with E-state index in [0.29, 0.717) is 49.3 Å². The van der Waals surface area contributed by atoms with E-state index in [0.717, 1.165) is 18.0 Å². The molecule has 8 heteroatoms. The molecule has 0 saturated carbocycles. The van der Waals surface area contributed by atoms with Gasteiger partial charge in [0.25, 0.3) is 11.5 Å². The lowest BCUT2D eigenvalue weighted by molar-refractivity contribution is 0.0358. The number of benzene rings is 2. The summed E-state index contributed by atoms with van der Waals surface area (Å²) in [5, 5.41) is 0.616. The summed E-state index contributed by atoms with van der Waals surface area (Å²) in [6.07, 6.45) is 0.802. The van der Waals surface area contributed by atoms with Gasteiger partial charge in [0.05, 0.1) is 37.2 Å². The molecular weight excluding hydrogens is 444 g/mol. The van der Waals surface area contributed by atoms with Crippen molar-refractivity contribution in [3.63, 3.8) is 0 Å². The molecule has 1 aliphatic rings. The summed E-state index contributed by atoms with van der Waals surface area (Å²) in [5.74, 6) is 1.51. The molecule has 1 aliphatic heterocycles. The summed E-state index contributed by atoms with van der Waals surface area (Å²) in [6.45, 7) is 7.09. The van der Waals surface area contributed by atoms with Crippen LogP contribution in [0.5, 0.6) is 5.75 Å².